The van der Waals surface area contributed by atoms with Gasteiger partial charge in [0.15, 0.2) is 0 Å². The minimum atomic E-state index is -0.250. The fourth-order valence-corrected chi connectivity index (χ4v) is 2.70. The van der Waals surface area contributed by atoms with E-state index in [0.29, 0.717) is 30.4 Å². The Morgan fingerprint density at radius 2 is 1.89 bits per heavy atom. The number of ether oxygens (including phenoxy) is 1. The lowest BCUT2D eigenvalue weighted by atomic mass is 10.1. The van der Waals surface area contributed by atoms with Crippen LogP contribution in [0.5, 0.6) is 5.75 Å². The van der Waals surface area contributed by atoms with Crippen LogP contribution in [0.15, 0.2) is 60.9 Å². The highest BCUT2D eigenvalue weighted by Gasteiger charge is 2.08. The van der Waals surface area contributed by atoms with Crippen LogP contribution in [0, 0.1) is 0 Å². The van der Waals surface area contributed by atoms with Gasteiger partial charge < -0.3 is 15.4 Å². The molecule has 0 radical (unpaired) electrons. The summed E-state index contributed by atoms with van der Waals surface area (Å²) >= 11 is 5.87. The molecule has 2 aromatic carbocycles. The number of nitrogens with zero attached hydrogens (tertiary/aromatic N) is 2. The molecule has 3 aromatic rings. The number of benzene rings is 2. The minimum Gasteiger partial charge on any atom is -0.497 e. The molecular formula is C21H21ClN4O2. The van der Waals surface area contributed by atoms with Crippen LogP contribution in [0.1, 0.15) is 21.6 Å². The molecule has 0 bridgehead atoms. The van der Waals surface area contributed by atoms with Crippen LogP contribution in [0.4, 0.5) is 5.82 Å². The highest BCUT2D eigenvalue weighted by Crippen LogP contribution is 2.13. The number of methoxy groups -OCH3 is 1. The molecule has 6 nitrogen and oxygen atoms in total. The second-order valence-electron chi connectivity index (χ2n) is 6.12. The minimum absolute atomic E-state index is 0.250. The Balaban J connectivity index is 1.47. The summed E-state index contributed by atoms with van der Waals surface area (Å²) in [5.41, 5.74) is 2.45. The van der Waals surface area contributed by atoms with E-state index >= 15 is 0 Å². The van der Waals surface area contributed by atoms with Crippen molar-refractivity contribution < 1.29 is 9.53 Å². The van der Waals surface area contributed by atoms with E-state index in [-0.39, 0.29) is 11.6 Å². The van der Waals surface area contributed by atoms with Gasteiger partial charge in [0.25, 0.3) is 5.91 Å². The summed E-state index contributed by atoms with van der Waals surface area (Å²) < 4.78 is 5.20. The smallest absolute Gasteiger partial charge is 0.271 e. The van der Waals surface area contributed by atoms with Gasteiger partial charge in [-0.1, -0.05) is 35.9 Å². The average molecular weight is 397 g/mol. The quantitative estimate of drug-likeness (QED) is 0.606. The molecule has 0 atom stereocenters. The first-order valence-corrected chi connectivity index (χ1v) is 9.23. The van der Waals surface area contributed by atoms with E-state index in [1.807, 2.05) is 48.5 Å². The third-order valence-electron chi connectivity index (χ3n) is 4.10. The number of carbonyl (C=O) groups excluding carboxylic acids is 1. The van der Waals surface area contributed by atoms with Crippen molar-refractivity contribution in [1.29, 1.82) is 0 Å². The van der Waals surface area contributed by atoms with Crippen molar-refractivity contribution in [3.63, 3.8) is 0 Å². The first-order chi connectivity index (χ1) is 13.6. The van der Waals surface area contributed by atoms with E-state index in [1.54, 1.807) is 13.3 Å². The lowest BCUT2D eigenvalue weighted by molar-refractivity contribution is 0.0949. The molecule has 1 aromatic heterocycles. The molecule has 144 valence electrons. The number of rotatable bonds is 8. The van der Waals surface area contributed by atoms with Crippen molar-refractivity contribution in [2.45, 2.75) is 13.0 Å². The zero-order valence-corrected chi connectivity index (χ0v) is 16.2. The van der Waals surface area contributed by atoms with Gasteiger partial charge in [0.05, 0.1) is 19.5 Å². The predicted molar refractivity (Wildman–Crippen MR) is 110 cm³/mol. The number of hydrogen-bond acceptors (Lipinski definition) is 5. The Labute approximate surface area is 168 Å². The molecule has 7 heteroatoms. The third-order valence-corrected chi connectivity index (χ3v) is 4.36. The first-order valence-electron chi connectivity index (χ1n) is 8.85. The monoisotopic (exact) mass is 396 g/mol. The zero-order chi connectivity index (χ0) is 19.8. The molecule has 0 saturated carbocycles. The molecule has 3 rings (SSSR count). The summed E-state index contributed by atoms with van der Waals surface area (Å²) in [5, 5.41) is 6.71. The number of anilines is 1. The van der Waals surface area contributed by atoms with Gasteiger partial charge in [-0.05, 0) is 41.8 Å². The molecular weight excluding hydrogens is 376 g/mol. The summed E-state index contributed by atoms with van der Waals surface area (Å²) in [5.74, 6) is 1.15. The van der Waals surface area contributed by atoms with E-state index in [1.165, 1.54) is 6.20 Å². The molecule has 1 amide bonds. The van der Waals surface area contributed by atoms with E-state index in [9.17, 15) is 4.79 Å². The van der Waals surface area contributed by atoms with Crippen LogP contribution < -0.4 is 15.4 Å². The van der Waals surface area contributed by atoms with Crippen LogP contribution in [-0.2, 0) is 13.0 Å². The average Bonchev–Trinajstić information content (AvgIpc) is 2.74. The summed E-state index contributed by atoms with van der Waals surface area (Å²) in [4.78, 5) is 20.6. The lowest BCUT2D eigenvalue weighted by Gasteiger charge is -2.08. The molecule has 0 spiro atoms. The van der Waals surface area contributed by atoms with Gasteiger partial charge >= 0.3 is 0 Å². The van der Waals surface area contributed by atoms with Gasteiger partial charge in [-0.3, -0.25) is 4.79 Å². The summed E-state index contributed by atoms with van der Waals surface area (Å²) in [6, 6.07) is 15.3. The van der Waals surface area contributed by atoms with Crippen LogP contribution >= 0.6 is 11.6 Å². The Kier molecular flexibility index (Phi) is 6.81. The number of hydrogen-bond donors (Lipinski definition) is 2. The molecule has 0 aliphatic rings. The van der Waals surface area contributed by atoms with Crippen LogP contribution in [0.25, 0.3) is 0 Å². The lowest BCUT2D eigenvalue weighted by Crippen LogP contribution is -2.26. The second-order valence-corrected chi connectivity index (χ2v) is 6.56. The molecule has 0 aliphatic carbocycles. The standard InChI is InChI=1S/C21H21ClN4O2/c1-28-18-4-2-3-15(11-18)9-10-23-21(27)19-13-26-20(14-24-19)25-12-16-5-7-17(22)8-6-16/h2-8,11,13-14H,9-10,12H2,1H3,(H,23,27)(H,25,26). The largest absolute Gasteiger partial charge is 0.497 e. The van der Waals surface area contributed by atoms with E-state index in [2.05, 4.69) is 20.6 Å². The van der Waals surface area contributed by atoms with Crippen molar-refractivity contribution in [1.82, 2.24) is 15.3 Å². The molecule has 0 unspecified atom stereocenters. The van der Waals surface area contributed by atoms with Gasteiger partial charge in [-0.15, -0.1) is 0 Å². The summed E-state index contributed by atoms with van der Waals surface area (Å²) in [6.07, 6.45) is 3.72. The highest BCUT2D eigenvalue weighted by atomic mass is 35.5. The molecule has 1 heterocycles. The van der Waals surface area contributed by atoms with Gasteiger partial charge in [-0.2, -0.15) is 0 Å². The first kappa shape index (κ1) is 19.6. The maximum Gasteiger partial charge on any atom is 0.271 e. The highest BCUT2D eigenvalue weighted by molar-refractivity contribution is 6.30. The second kappa shape index (κ2) is 9.71. The Bertz CT molecular complexity index is 914. The van der Waals surface area contributed by atoms with Crippen LogP contribution in [0.2, 0.25) is 5.02 Å². The topological polar surface area (TPSA) is 76.1 Å². The maximum absolute atomic E-state index is 12.2. The van der Waals surface area contributed by atoms with E-state index < -0.39 is 0 Å². The molecule has 0 saturated heterocycles. The fourth-order valence-electron chi connectivity index (χ4n) is 2.57. The van der Waals surface area contributed by atoms with E-state index in [0.717, 1.165) is 16.9 Å². The molecule has 2 N–H and O–H groups in total. The fraction of sp³-hybridized carbons (Fsp3) is 0.190. The summed E-state index contributed by atoms with van der Waals surface area (Å²) in [6.45, 7) is 1.10. The number of amides is 1. The number of halogens is 1. The van der Waals surface area contributed by atoms with Crippen molar-refractivity contribution >= 4 is 23.3 Å². The summed E-state index contributed by atoms with van der Waals surface area (Å²) in [7, 11) is 1.63. The SMILES string of the molecule is COc1cccc(CCNC(=O)c2cnc(NCc3ccc(Cl)cc3)cn2)c1. The number of aromatic nitrogens is 2. The number of carbonyl (C=O) groups is 1. The Hall–Kier alpha value is -3.12. The van der Waals surface area contributed by atoms with Gasteiger partial charge in [0, 0.05) is 18.1 Å². The Morgan fingerprint density at radius 3 is 2.61 bits per heavy atom. The van der Waals surface area contributed by atoms with Crippen molar-refractivity contribution in [3.8, 4) is 5.75 Å². The van der Waals surface area contributed by atoms with Crippen molar-refractivity contribution in [2.75, 3.05) is 19.0 Å². The van der Waals surface area contributed by atoms with Crippen LogP contribution in [0.3, 0.4) is 0 Å². The number of nitrogens with one attached hydrogen (secondary N) is 2. The molecule has 0 fully saturated rings. The van der Waals surface area contributed by atoms with E-state index in [4.69, 9.17) is 16.3 Å². The molecule has 28 heavy (non-hydrogen) atoms. The van der Waals surface area contributed by atoms with Gasteiger partial charge in [-0.25, -0.2) is 9.97 Å². The van der Waals surface area contributed by atoms with Crippen molar-refractivity contribution in [2.24, 2.45) is 0 Å². The van der Waals surface area contributed by atoms with Crippen LogP contribution in [-0.4, -0.2) is 29.5 Å². The van der Waals surface area contributed by atoms with Crippen molar-refractivity contribution in [3.05, 3.63) is 82.8 Å². The maximum atomic E-state index is 12.2. The predicted octanol–water partition coefficient (Wildman–Crippen LogP) is 3.72. The Morgan fingerprint density at radius 1 is 1.07 bits per heavy atom. The normalized spacial score (nSPS) is 10.4. The molecule has 0 aliphatic heterocycles. The third kappa shape index (κ3) is 5.69. The van der Waals surface area contributed by atoms with Gasteiger partial charge in [0.1, 0.15) is 17.3 Å². The zero-order valence-electron chi connectivity index (χ0n) is 15.5. The van der Waals surface area contributed by atoms with Gasteiger partial charge in [0.2, 0.25) is 0 Å².